The highest BCUT2D eigenvalue weighted by Gasteiger charge is 2.42. The lowest BCUT2D eigenvalue weighted by Crippen LogP contribution is -2.27. The van der Waals surface area contributed by atoms with E-state index in [0.29, 0.717) is 12.8 Å². The Morgan fingerprint density at radius 3 is 2.56 bits per heavy atom. The number of carbonyl (C=O) groups excluding carboxylic acids is 1. The minimum atomic E-state index is -0.669. The van der Waals surface area contributed by atoms with Gasteiger partial charge in [0.05, 0.1) is 5.92 Å². The van der Waals surface area contributed by atoms with Gasteiger partial charge in [-0.1, -0.05) is 37.3 Å². The Balaban J connectivity index is 2.08. The molecule has 0 radical (unpaired) electrons. The average Bonchev–Trinajstić information content (AvgIpc) is 2.58. The third kappa shape index (κ3) is 2.09. The number of carbonyl (C=O) groups is 1. The molecule has 3 unspecified atom stereocenters. The van der Waals surface area contributed by atoms with Crippen molar-refractivity contribution in [2.45, 2.75) is 32.0 Å². The molecular formula is C13H16O3. The Hall–Kier alpha value is -1.35. The van der Waals surface area contributed by atoms with Gasteiger partial charge in [-0.15, -0.1) is 0 Å². The number of hydrogen-bond donors (Lipinski definition) is 1. The van der Waals surface area contributed by atoms with Crippen molar-refractivity contribution >= 4 is 5.97 Å². The summed E-state index contributed by atoms with van der Waals surface area (Å²) in [5, 5.41) is 9.93. The number of cyclic esters (lactones) is 1. The normalized spacial score (nSPS) is 29.1. The summed E-state index contributed by atoms with van der Waals surface area (Å²) in [5.41, 5.74) is 1.06. The smallest absolute Gasteiger partial charge is 0.312 e. The highest BCUT2D eigenvalue weighted by molar-refractivity contribution is 5.76. The van der Waals surface area contributed by atoms with Crippen LogP contribution in [0.15, 0.2) is 30.3 Å². The van der Waals surface area contributed by atoms with E-state index in [1.54, 1.807) is 0 Å². The lowest BCUT2D eigenvalue weighted by atomic mass is 9.93. The van der Waals surface area contributed by atoms with Crippen molar-refractivity contribution in [1.82, 2.24) is 0 Å². The maximum atomic E-state index is 11.6. The van der Waals surface area contributed by atoms with E-state index < -0.39 is 12.0 Å². The van der Waals surface area contributed by atoms with E-state index in [-0.39, 0.29) is 12.1 Å². The first-order valence-electron chi connectivity index (χ1n) is 5.65. The first-order chi connectivity index (χ1) is 7.72. The molecule has 3 atom stereocenters. The Kier molecular flexibility index (Phi) is 3.25. The second-order valence-electron chi connectivity index (χ2n) is 4.17. The summed E-state index contributed by atoms with van der Waals surface area (Å²) in [6, 6.07) is 9.71. The van der Waals surface area contributed by atoms with Gasteiger partial charge in [0.15, 0.2) is 0 Å². The molecule has 3 heteroatoms. The second kappa shape index (κ2) is 4.66. The van der Waals surface area contributed by atoms with Crippen LogP contribution in [0.25, 0.3) is 0 Å². The number of esters is 1. The van der Waals surface area contributed by atoms with Crippen LogP contribution in [0, 0.1) is 5.92 Å². The summed E-state index contributed by atoms with van der Waals surface area (Å²) in [6.07, 6.45) is 0.217. The Labute approximate surface area is 95.0 Å². The van der Waals surface area contributed by atoms with Gasteiger partial charge in [0.25, 0.3) is 0 Å². The third-order valence-electron chi connectivity index (χ3n) is 3.06. The van der Waals surface area contributed by atoms with Gasteiger partial charge in [-0.05, 0) is 18.4 Å². The lowest BCUT2D eigenvalue weighted by Gasteiger charge is -2.13. The Bertz CT molecular complexity index is 361. The van der Waals surface area contributed by atoms with Crippen LogP contribution in [0.2, 0.25) is 0 Å². The van der Waals surface area contributed by atoms with Gasteiger partial charge < -0.3 is 9.84 Å². The van der Waals surface area contributed by atoms with Gasteiger partial charge in [-0.2, -0.15) is 0 Å². The molecule has 0 aliphatic carbocycles. The first kappa shape index (κ1) is 11.1. The number of benzene rings is 1. The van der Waals surface area contributed by atoms with Crippen molar-refractivity contribution in [2.24, 2.45) is 5.92 Å². The Morgan fingerprint density at radius 1 is 1.31 bits per heavy atom. The van der Waals surface area contributed by atoms with Crippen molar-refractivity contribution in [3.8, 4) is 0 Å². The van der Waals surface area contributed by atoms with Crippen LogP contribution < -0.4 is 0 Å². The maximum Gasteiger partial charge on any atom is 0.312 e. The number of aliphatic hydroxyl groups excluding tert-OH is 1. The van der Waals surface area contributed by atoms with E-state index >= 15 is 0 Å². The fourth-order valence-corrected chi connectivity index (χ4v) is 2.10. The first-order valence-corrected chi connectivity index (χ1v) is 5.65. The van der Waals surface area contributed by atoms with Crippen LogP contribution in [-0.2, 0) is 16.0 Å². The third-order valence-corrected chi connectivity index (χ3v) is 3.06. The molecule has 1 saturated heterocycles. The molecule has 16 heavy (non-hydrogen) atoms. The molecule has 1 aromatic carbocycles. The molecule has 0 bridgehead atoms. The van der Waals surface area contributed by atoms with Crippen LogP contribution >= 0.6 is 0 Å². The van der Waals surface area contributed by atoms with Gasteiger partial charge in [-0.3, -0.25) is 4.79 Å². The fraction of sp³-hybridized carbons (Fsp3) is 0.462. The second-order valence-corrected chi connectivity index (χ2v) is 4.17. The van der Waals surface area contributed by atoms with Crippen LogP contribution in [0.4, 0.5) is 0 Å². The quantitative estimate of drug-likeness (QED) is 0.786. The van der Waals surface area contributed by atoms with Crippen molar-refractivity contribution in [3.63, 3.8) is 0 Å². The highest BCUT2D eigenvalue weighted by atomic mass is 16.6. The lowest BCUT2D eigenvalue weighted by molar-refractivity contribution is -0.144. The molecule has 1 aliphatic rings. The van der Waals surface area contributed by atoms with Crippen molar-refractivity contribution < 1.29 is 14.6 Å². The topological polar surface area (TPSA) is 46.5 Å². The molecular weight excluding hydrogens is 204 g/mol. The van der Waals surface area contributed by atoms with Crippen LogP contribution in [0.1, 0.15) is 18.9 Å². The molecule has 1 aromatic rings. The van der Waals surface area contributed by atoms with E-state index in [1.807, 2.05) is 37.3 Å². The molecule has 0 aromatic heterocycles. The summed E-state index contributed by atoms with van der Waals surface area (Å²) in [7, 11) is 0. The summed E-state index contributed by atoms with van der Waals surface area (Å²) >= 11 is 0. The highest BCUT2D eigenvalue weighted by Crippen LogP contribution is 2.27. The molecule has 1 aliphatic heterocycles. The summed E-state index contributed by atoms with van der Waals surface area (Å²) < 4.78 is 5.12. The standard InChI is InChI=1S/C13H16O3/c1-2-11-12(14)10(13(15)16-11)8-9-6-4-3-5-7-9/h3-7,10-12,14H,2,8H2,1H3. The molecule has 0 amide bonds. The molecule has 1 heterocycles. The van der Waals surface area contributed by atoms with E-state index in [4.69, 9.17) is 4.74 Å². The zero-order valence-corrected chi connectivity index (χ0v) is 9.30. The summed E-state index contributed by atoms with van der Waals surface area (Å²) in [5.74, 6) is -0.685. The zero-order chi connectivity index (χ0) is 11.5. The van der Waals surface area contributed by atoms with E-state index in [9.17, 15) is 9.90 Å². The molecule has 1 N–H and O–H groups in total. The molecule has 2 rings (SSSR count). The summed E-state index contributed by atoms with van der Waals surface area (Å²) in [4.78, 5) is 11.6. The molecule has 0 saturated carbocycles. The van der Waals surface area contributed by atoms with E-state index in [2.05, 4.69) is 0 Å². The maximum absolute atomic E-state index is 11.6. The monoisotopic (exact) mass is 220 g/mol. The zero-order valence-electron chi connectivity index (χ0n) is 9.30. The molecule has 86 valence electrons. The van der Waals surface area contributed by atoms with Gasteiger partial charge in [0, 0.05) is 0 Å². The molecule has 0 spiro atoms. The van der Waals surface area contributed by atoms with Gasteiger partial charge in [-0.25, -0.2) is 0 Å². The van der Waals surface area contributed by atoms with Crippen molar-refractivity contribution in [3.05, 3.63) is 35.9 Å². The fourth-order valence-electron chi connectivity index (χ4n) is 2.10. The van der Waals surface area contributed by atoms with E-state index in [0.717, 1.165) is 5.56 Å². The van der Waals surface area contributed by atoms with Crippen molar-refractivity contribution in [1.29, 1.82) is 0 Å². The largest absolute Gasteiger partial charge is 0.459 e. The number of ether oxygens (including phenoxy) is 1. The number of aliphatic hydroxyl groups is 1. The summed E-state index contributed by atoms with van der Waals surface area (Å²) in [6.45, 7) is 1.91. The minimum Gasteiger partial charge on any atom is -0.459 e. The van der Waals surface area contributed by atoms with Gasteiger partial charge in [0.1, 0.15) is 12.2 Å². The van der Waals surface area contributed by atoms with Crippen LogP contribution in [0.5, 0.6) is 0 Å². The van der Waals surface area contributed by atoms with Gasteiger partial charge >= 0.3 is 5.97 Å². The predicted octanol–water partition coefficient (Wildman–Crippen LogP) is 1.54. The Morgan fingerprint density at radius 2 is 2.00 bits per heavy atom. The van der Waals surface area contributed by atoms with Gasteiger partial charge in [0.2, 0.25) is 0 Å². The molecule has 3 nitrogen and oxygen atoms in total. The number of rotatable bonds is 3. The van der Waals surface area contributed by atoms with E-state index in [1.165, 1.54) is 0 Å². The van der Waals surface area contributed by atoms with Crippen LogP contribution in [-0.4, -0.2) is 23.3 Å². The average molecular weight is 220 g/mol. The SMILES string of the molecule is CCC1OC(=O)C(Cc2ccccc2)C1O. The van der Waals surface area contributed by atoms with Crippen LogP contribution in [0.3, 0.4) is 0 Å². The number of hydrogen-bond acceptors (Lipinski definition) is 3. The molecule has 1 fully saturated rings. The van der Waals surface area contributed by atoms with Crippen molar-refractivity contribution in [2.75, 3.05) is 0 Å². The predicted molar refractivity (Wildman–Crippen MR) is 59.8 cm³/mol. The minimum absolute atomic E-state index is 0.275.